The second kappa shape index (κ2) is 15.5. The second-order valence-corrected chi connectivity index (χ2v) is 12.6. The van der Waals surface area contributed by atoms with E-state index in [2.05, 4.69) is 29.9 Å². The minimum atomic E-state index is -0.305. The van der Waals surface area contributed by atoms with Crippen LogP contribution < -0.4 is 16.7 Å². The third-order valence-corrected chi connectivity index (χ3v) is 8.86. The van der Waals surface area contributed by atoms with Crippen molar-refractivity contribution in [3.63, 3.8) is 0 Å². The van der Waals surface area contributed by atoms with Gasteiger partial charge in [0.2, 0.25) is 0 Å². The highest BCUT2D eigenvalue weighted by atomic mass is 16.3. The van der Waals surface area contributed by atoms with Crippen molar-refractivity contribution < 1.29 is 20.4 Å². The van der Waals surface area contributed by atoms with Crippen LogP contribution in [0.1, 0.15) is 5.56 Å². The smallest absolute Gasteiger partial charge is 0.258 e. The standard InChI is InChI=1S/C15H12N2O2.C14H10N2O3.C14H10N2O2/c1-9-2-4-10(5-3-9)11-6-12-14(13(18)7-11)16-8-17-15(12)19;17-10-3-1-8(2-4-10)9-5-11-13(12(18)6-9)15-7-16-14(11)19;17-12-7-10(9-4-2-1-3-5-9)6-11-13(12)15-8-16-14(11)18/h2-8,18H,1H3,(H,16,17,19);1-7,17-18H,(H,15,16,19);1-8,17H,(H,15,16,18). The first-order chi connectivity index (χ1) is 27.0. The third-order valence-electron chi connectivity index (χ3n) is 8.86. The summed E-state index contributed by atoms with van der Waals surface area (Å²) >= 11 is 0. The Labute approximate surface area is 316 Å². The van der Waals surface area contributed by atoms with Gasteiger partial charge in [-0.05, 0) is 88.8 Å². The minimum absolute atomic E-state index is 0.0115. The molecule has 0 radical (unpaired) electrons. The van der Waals surface area contributed by atoms with E-state index in [1.807, 2.05) is 61.5 Å². The normalized spacial score (nSPS) is 10.7. The molecule has 6 aromatic carbocycles. The molecule has 56 heavy (non-hydrogen) atoms. The summed E-state index contributed by atoms with van der Waals surface area (Å²) in [6.07, 6.45) is 3.83. The molecular weight excluding hydrogens is 713 g/mol. The van der Waals surface area contributed by atoms with Crippen LogP contribution in [0.4, 0.5) is 0 Å². The lowest BCUT2D eigenvalue weighted by Crippen LogP contribution is -2.06. The van der Waals surface area contributed by atoms with Gasteiger partial charge in [0.05, 0.1) is 35.1 Å². The van der Waals surface area contributed by atoms with E-state index in [0.29, 0.717) is 32.8 Å². The van der Waals surface area contributed by atoms with Crippen molar-refractivity contribution in [2.45, 2.75) is 6.92 Å². The minimum Gasteiger partial charge on any atom is -0.508 e. The summed E-state index contributed by atoms with van der Waals surface area (Å²) < 4.78 is 0. The van der Waals surface area contributed by atoms with Gasteiger partial charge >= 0.3 is 0 Å². The average molecular weight is 745 g/mol. The van der Waals surface area contributed by atoms with E-state index in [1.165, 1.54) is 19.0 Å². The maximum Gasteiger partial charge on any atom is 0.258 e. The Balaban J connectivity index is 0.000000129. The number of nitrogens with one attached hydrogen (secondary N) is 3. The molecule has 0 bridgehead atoms. The first-order valence-electron chi connectivity index (χ1n) is 17.1. The van der Waals surface area contributed by atoms with Gasteiger partial charge in [-0.1, -0.05) is 72.3 Å². The number of aromatic nitrogens is 6. The highest BCUT2D eigenvalue weighted by molar-refractivity contribution is 5.90. The SMILES string of the molecule is Cc1ccc(-c2cc(O)c3nc[nH]c(=O)c3c2)cc1.O=c1[nH]cnc2c(O)cc(-c3ccc(O)cc3)cc12.O=c1[nH]cnc2c(O)cc(-c3ccccc3)cc12. The van der Waals surface area contributed by atoms with Crippen LogP contribution in [0.5, 0.6) is 23.0 Å². The highest BCUT2D eigenvalue weighted by Crippen LogP contribution is 2.31. The number of nitrogens with zero attached hydrogens (tertiary/aromatic N) is 3. The topological polar surface area (TPSA) is 218 Å². The Morgan fingerprint density at radius 2 is 0.750 bits per heavy atom. The van der Waals surface area contributed by atoms with Gasteiger partial charge in [0.25, 0.3) is 16.7 Å². The van der Waals surface area contributed by atoms with Gasteiger partial charge in [0.15, 0.2) is 0 Å². The highest BCUT2D eigenvalue weighted by Gasteiger charge is 2.11. The summed E-state index contributed by atoms with van der Waals surface area (Å²) in [5.74, 6) is 0.136. The molecule has 0 spiro atoms. The molecule has 13 heteroatoms. The van der Waals surface area contributed by atoms with Crippen LogP contribution in [0.15, 0.2) is 149 Å². The van der Waals surface area contributed by atoms with E-state index >= 15 is 0 Å². The molecule has 276 valence electrons. The maximum absolute atomic E-state index is 11.8. The lowest BCUT2D eigenvalue weighted by atomic mass is 10.0. The Bertz CT molecular complexity index is 2890. The van der Waals surface area contributed by atoms with Crippen LogP contribution in [-0.2, 0) is 0 Å². The Morgan fingerprint density at radius 1 is 0.411 bits per heavy atom. The zero-order valence-electron chi connectivity index (χ0n) is 29.6. The molecule has 0 aliphatic heterocycles. The molecule has 13 nitrogen and oxygen atoms in total. The first-order valence-corrected chi connectivity index (χ1v) is 17.1. The number of rotatable bonds is 3. The van der Waals surface area contributed by atoms with Crippen LogP contribution in [0.2, 0.25) is 0 Å². The van der Waals surface area contributed by atoms with Crippen molar-refractivity contribution >= 4 is 32.7 Å². The van der Waals surface area contributed by atoms with Crippen molar-refractivity contribution in [2.75, 3.05) is 0 Å². The molecule has 3 heterocycles. The molecule has 9 rings (SSSR count). The lowest BCUT2D eigenvalue weighted by molar-refractivity contribution is 0.475. The van der Waals surface area contributed by atoms with E-state index in [9.17, 15) is 34.8 Å². The molecule has 7 N–H and O–H groups in total. The molecule has 0 amide bonds. The molecule has 0 fully saturated rings. The fraction of sp³-hybridized carbons (Fsp3) is 0.0233. The number of phenolic OH excluding ortho intramolecular Hbond substituents is 4. The monoisotopic (exact) mass is 744 g/mol. The summed E-state index contributed by atoms with van der Waals surface area (Å²) in [6, 6.07) is 33.9. The van der Waals surface area contributed by atoms with Crippen molar-refractivity contribution in [1.29, 1.82) is 0 Å². The van der Waals surface area contributed by atoms with Crippen LogP contribution in [0.25, 0.3) is 66.1 Å². The van der Waals surface area contributed by atoms with Gasteiger partial charge in [-0.3, -0.25) is 14.4 Å². The van der Waals surface area contributed by atoms with E-state index < -0.39 is 0 Å². The quantitative estimate of drug-likeness (QED) is 0.0992. The number of H-pyrrole nitrogens is 3. The van der Waals surface area contributed by atoms with Crippen molar-refractivity contribution in [1.82, 2.24) is 29.9 Å². The van der Waals surface area contributed by atoms with Crippen molar-refractivity contribution in [2.24, 2.45) is 0 Å². The molecule has 0 aliphatic rings. The van der Waals surface area contributed by atoms with Gasteiger partial charge in [-0.15, -0.1) is 0 Å². The predicted molar refractivity (Wildman–Crippen MR) is 215 cm³/mol. The van der Waals surface area contributed by atoms with Gasteiger partial charge in [0.1, 0.15) is 39.5 Å². The number of fused-ring (bicyclic) bond motifs is 3. The van der Waals surface area contributed by atoms with Crippen LogP contribution >= 0.6 is 0 Å². The summed E-state index contributed by atoms with van der Waals surface area (Å²) in [7, 11) is 0. The van der Waals surface area contributed by atoms with E-state index in [1.54, 1.807) is 60.7 Å². The largest absolute Gasteiger partial charge is 0.508 e. The molecule has 9 aromatic rings. The van der Waals surface area contributed by atoms with Crippen molar-refractivity contribution in [3.05, 3.63) is 171 Å². The molecule has 0 saturated heterocycles. The molecule has 0 atom stereocenters. The van der Waals surface area contributed by atoms with Gasteiger partial charge in [-0.2, -0.15) is 0 Å². The zero-order valence-corrected chi connectivity index (χ0v) is 29.6. The average Bonchev–Trinajstić information content (AvgIpc) is 3.20. The third kappa shape index (κ3) is 7.68. The Hall–Kier alpha value is -8.06. The van der Waals surface area contributed by atoms with Crippen LogP contribution in [0.3, 0.4) is 0 Å². The number of aromatic hydroxyl groups is 4. The molecule has 0 saturated carbocycles. The van der Waals surface area contributed by atoms with E-state index in [0.717, 1.165) is 33.4 Å². The number of aromatic amines is 3. The van der Waals surface area contributed by atoms with Gasteiger partial charge < -0.3 is 35.4 Å². The molecule has 0 aliphatic carbocycles. The summed E-state index contributed by atoms with van der Waals surface area (Å²) in [5.41, 5.74) is 6.20. The van der Waals surface area contributed by atoms with Gasteiger partial charge in [0, 0.05) is 0 Å². The van der Waals surface area contributed by atoms with Gasteiger partial charge in [-0.25, -0.2) is 15.0 Å². The van der Waals surface area contributed by atoms with Crippen molar-refractivity contribution in [3.8, 4) is 56.4 Å². The summed E-state index contributed by atoms with van der Waals surface area (Å²) in [6.45, 7) is 2.01. The number of hydrogen-bond donors (Lipinski definition) is 7. The van der Waals surface area contributed by atoms with Crippen LogP contribution in [0, 0.1) is 6.92 Å². The molecule has 0 unspecified atom stereocenters. The predicted octanol–water partition coefficient (Wildman–Crippen LogP) is 6.90. The fourth-order valence-electron chi connectivity index (χ4n) is 6.01. The molecule has 3 aromatic heterocycles. The number of aryl methyl sites for hydroxylation is 1. The Morgan fingerprint density at radius 3 is 1.12 bits per heavy atom. The summed E-state index contributed by atoms with van der Waals surface area (Å²) in [5, 5.41) is 40.2. The van der Waals surface area contributed by atoms with Crippen LogP contribution in [-0.4, -0.2) is 50.3 Å². The zero-order chi connectivity index (χ0) is 39.3. The number of benzene rings is 6. The maximum atomic E-state index is 11.8. The van der Waals surface area contributed by atoms with E-state index in [4.69, 9.17) is 0 Å². The Kier molecular flexibility index (Phi) is 10.1. The summed E-state index contributed by atoms with van der Waals surface area (Å²) in [4.78, 5) is 54.6. The number of phenols is 4. The second-order valence-electron chi connectivity index (χ2n) is 12.6. The fourth-order valence-corrected chi connectivity index (χ4v) is 6.01. The van der Waals surface area contributed by atoms with E-state index in [-0.39, 0.29) is 45.2 Å². The molecular formula is C43H32N6O7. The first kappa shape index (κ1) is 36.3. The lowest BCUT2D eigenvalue weighted by Gasteiger charge is -2.05. The number of hydrogen-bond acceptors (Lipinski definition) is 10.